The van der Waals surface area contributed by atoms with Crippen molar-refractivity contribution in [2.24, 2.45) is 5.92 Å². The average molecular weight is 339 g/mol. The molecule has 0 aromatic carbocycles. The van der Waals surface area contributed by atoms with Crippen LogP contribution in [0.4, 0.5) is 0 Å². The monoisotopic (exact) mass is 338 g/mol. The molecule has 1 unspecified atom stereocenters. The predicted molar refractivity (Wildman–Crippen MR) is 104 cm³/mol. The van der Waals surface area contributed by atoms with Gasteiger partial charge in [-0.1, -0.05) is 19.8 Å². The highest BCUT2D eigenvalue weighted by Crippen LogP contribution is 2.30. The van der Waals surface area contributed by atoms with Gasteiger partial charge in [0.05, 0.1) is 12.2 Å². The van der Waals surface area contributed by atoms with Crippen molar-refractivity contribution in [3.05, 3.63) is 0 Å². The van der Waals surface area contributed by atoms with Gasteiger partial charge in [-0.3, -0.25) is 4.90 Å². The molecule has 1 saturated carbocycles. The third-order valence-corrected chi connectivity index (χ3v) is 6.22. The van der Waals surface area contributed by atoms with E-state index in [1.54, 1.807) is 0 Å². The molecule has 2 aliphatic rings. The van der Waals surface area contributed by atoms with E-state index in [9.17, 15) is 0 Å². The van der Waals surface area contributed by atoms with Gasteiger partial charge in [0.25, 0.3) is 0 Å². The van der Waals surface area contributed by atoms with Crippen molar-refractivity contribution in [1.29, 1.82) is 0 Å². The molecule has 2 rings (SSSR count). The van der Waals surface area contributed by atoms with E-state index in [1.807, 2.05) is 0 Å². The Hall–Kier alpha value is -0.120. The highest BCUT2D eigenvalue weighted by Gasteiger charge is 2.22. The molecule has 1 heterocycles. The van der Waals surface area contributed by atoms with Gasteiger partial charge in [-0.25, -0.2) is 0 Å². The van der Waals surface area contributed by atoms with Gasteiger partial charge in [-0.15, -0.1) is 0 Å². The fraction of sp³-hybridized carbons (Fsp3) is 1.00. The molecular weight excluding hydrogens is 296 g/mol. The normalized spacial score (nSPS) is 28.4. The number of piperazine rings is 1. The van der Waals surface area contributed by atoms with Crippen molar-refractivity contribution in [3.8, 4) is 0 Å². The highest BCUT2D eigenvalue weighted by atomic mass is 16.5. The molecule has 1 aliphatic carbocycles. The number of nitrogens with zero attached hydrogens (tertiary/aromatic N) is 2. The van der Waals surface area contributed by atoms with E-state index in [4.69, 9.17) is 4.74 Å². The smallest absolute Gasteiger partial charge is 0.0578 e. The maximum Gasteiger partial charge on any atom is 0.0578 e. The molecule has 0 spiro atoms. The van der Waals surface area contributed by atoms with Crippen LogP contribution in [0.1, 0.15) is 79.1 Å². The van der Waals surface area contributed by atoms with E-state index in [-0.39, 0.29) is 0 Å². The van der Waals surface area contributed by atoms with Crippen LogP contribution in [0.2, 0.25) is 0 Å². The number of hydrogen-bond acceptors (Lipinski definition) is 3. The van der Waals surface area contributed by atoms with Gasteiger partial charge in [0.1, 0.15) is 0 Å². The summed E-state index contributed by atoms with van der Waals surface area (Å²) >= 11 is 0. The second-order valence-electron chi connectivity index (χ2n) is 8.46. The SMILES string of the molecule is CCC(C)N1CCN(CCCC[C@H]2CC[C@H](OC(C)C)CC2)CC1. The first-order valence-electron chi connectivity index (χ1n) is 10.7. The van der Waals surface area contributed by atoms with Crippen LogP contribution in [0.15, 0.2) is 0 Å². The summed E-state index contributed by atoms with van der Waals surface area (Å²) in [7, 11) is 0. The predicted octanol–water partition coefficient (Wildman–Crippen LogP) is 4.56. The van der Waals surface area contributed by atoms with Gasteiger partial charge < -0.3 is 9.64 Å². The van der Waals surface area contributed by atoms with Crippen LogP contribution in [0, 0.1) is 5.92 Å². The Labute approximate surface area is 151 Å². The highest BCUT2D eigenvalue weighted by molar-refractivity contribution is 4.76. The van der Waals surface area contributed by atoms with Gasteiger partial charge >= 0.3 is 0 Å². The van der Waals surface area contributed by atoms with Gasteiger partial charge in [-0.05, 0) is 71.8 Å². The van der Waals surface area contributed by atoms with Crippen LogP contribution in [0.5, 0.6) is 0 Å². The van der Waals surface area contributed by atoms with Crippen molar-refractivity contribution < 1.29 is 4.74 Å². The molecule has 0 aromatic rings. The number of hydrogen-bond donors (Lipinski definition) is 0. The van der Waals surface area contributed by atoms with Crippen molar-refractivity contribution in [1.82, 2.24) is 9.80 Å². The number of unbranched alkanes of at least 4 members (excludes halogenated alkanes) is 1. The Balaban J connectivity index is 1.49. The Kier molecular flexibility index (Phi) is 9.07. The van der Waals surface area contributed by atoms with Crippen molar-refractivity contribution in [2.75, 3.05) is 32.7 Å². The average Bonchev–Trinajstić information content (AvgIpc) is 2.59. The largest absolute Gasteiger partial charge is 0.376 e. The molecule has 0 bridgehead atoms. The maximum atomic E-state index is 5.97. The summed E-state index contributed by atoms with van der Waals surface area (Å²) in [4.78, 5) is 5.35. The van der Waals surface area contributed by atoms with Crippen LogP contribution in [0.3, 0.4) is 0 Å². The minimum absolute atomic E-state index is 0.396. The molecule has 1 atom stereocenters. The van der Waals surface area contributed by atoms with Crippen molar-refractivity contribution >= 4 is 0 Å². The van der Waals surface area contributed by atoms with Crippen LogP contribution in [0.25, 0.3) is 0 Å². The molecule has 0 amide bonds. The minimum Gasteiger partial charge on any atom is -0.376 e. The van der Waals surface area contributed by atoms with Gasteiger partial charge in [0.15, 0.2) is 0 Å². The van der Waals surface area contributed by atoms with E-state index in [2.05, 4.69) is 37.5 Å². The Morgan fingerprint density at radius 1 is 0.917 bits per heavy atom. The third kappa shape index (κ3) is 7.01. The van der Waals surface area contributed by atoms with Crippen LogP contribution < -0.4 is 0 Å². The van der Waals surface area contributed by atoms with E-state index in [0.29, 0.717) is 12.2 Å². The fourth-order valence-electron chi connectivity index (χ4n) is 4.40. The number of ether oxygens (including phenoxy) is 1. The zero-order valence-electron chi connectivity index (χ0n) is 16.8. The van der Waals surface area contributed by atoms with E-state index < -0.39 is 0 Å². The lowest BCUT2D eigenvalue weighted by Gasteiger charge is -2.38. The van der Waals surface area contributed by atoms with Crippen molar-refractivity contribution in [3.63, 3.8) is 0 Å². The summed E-state index contributed by atoms with van der Waals surface area (Å²) in [5.74, 6) is 0.972. The minimum atomic E-state index is 0.396. The van der Waals surface area contributed by atoms with Crippen LogP contribution >= 0.6 is 0 Å². The maximum absolute atomic E-state index is 5.97. The summed E-state index contributed by atoms with van der Waals surface area (Å²) in [6.45, 7) is 15.4. The molecule has 1 aliphatic heterocycles. The lowest BCUT2D eigenvalue weighted by molar-refractivity contribution is -0.0203. The fourth-order valence-corrected chi connectivity index (χ4v) is 4.40. The first kappa shape index (κ1) is 20.2. The topological polar surface area (TPSA) is 15.7 Å². The summed E-state index contributed by atoms with van der Waals surface area (Å²) in [5.41, 5.74) is 0. The standard InChI is InChI=1S/C21H42N2O/c1-5-19(4)23-16-14-22(15-17-23)13-7-6-8-20-9-11-21(12-10-20)24-18(2)3/h18-21H,5-17H2,1-4H3/t19?,20-,21-. The quantitative estimate of drug-likeness (QED) is 0.573. The number of rotatable bonds is 9. The van der Waals surface area contributed by atoms with E-state index in [0.717, 1.165) is 12.0 Å². The van der Waals surface area contributed by atoms with Gasteiger partial charge in [0.2, 0.25) is 0 Å². The Morgan fingerprint density at radius 3 is 2.17 bits per heavy atom. The first-order chi connectivity index (χ1) is 11.6. The Morgan fingerprint density at radius 2 is 1.58 bits per heavy atom. The van der Waals surface area contributed by atoms with Gasteiger partial charge in [-0.2, -0.15) is 0 Å². The lowest BCUT2D eigenvalue weighted by Crippen LogP contribution is -2.49. The molecule has 2 fully saturated rings. The molecule has 3 heteroatoms. The summed E-state index contributed by atoms with van der Waals surface area (Å²) in [6.07, 6.45) is 11.9. The molecule has 0 N–H and O–H groups in total. The zero-order chi connectivity index (χ0) is 17.4. The molecular formula is C21H42N2O. The van der Waals surface area contributed by atoms with E-state index >= 15 is 0 Å². The van der Waals surface area contributed by atoms with Crippen molar-refractivity contribution in [2.45, 2.75) is 97.3 Å². The lowest BCUT2D eigenvalue weighted by atomic mass is 9.84. The molecule has 0 aromatic heterocycles. The first-order valence-corrected chi connectivity index (χ1v) is 10.7. The zero-order valence-corrected chi connectivity index (χ0v) is 16.8. The summed E-state index contributed by atoms with van der Waals surface area (Å²) < 4.78 is 5.97. The van der Waals surface area contributed by atoms with Crippen LogP contribution in [-0.2, 0) is 4.74 Å². The second-order valence-corrected chi connectivity index (χ2v) is 8.46. The van der Waals surface area contributed by atoms with Crippen LogP contribution in [-0.4, -0.2) is 60.8 Å². The Bertz CT molecular complexity index is 318. The molecule has 3 nitrogen and oxygen atoms in total. The summed E-state index contributed by atoms with van der Waals surface area (Å²) in [6, 6.07) is 0.766. The summed E-state index contributed by atoms with van der Waals surface area (Å²) in [5, 5.41) is 0. The molecule has 24 heavy (non-hydrogen) atoms. The second kappa shape index (κ2) is 10.8. The molecule has 1 saturated heterocycles. The third-order valence-electron chi connectivity index (χ3n) is 6.22. The van der Waals surface area contributed by atoms with Gasteiger partial charge in [0, 0.05) is 32.2 Å². The van der Waals surface area contributed by atoms with E-state index in [1.165, 1.54) is 84.1 Å². The molecule has 0 radical (unpaired) electrons. The molecule has 142 valence electrons.